The zero-order valence-electron chi connectivity index (χ0n) is 43.0. The van der Waals surface area contributed by atoms with Crippen LogP contribution in [0.2, 0.25) is 0 Å². The van der Waals surface area contributed by atoms with Crippen molar-refractivity contribution in [2.24, 2.45) is 0 Å². The van der Waals surface area contributed by atoms with E-state index >= 15 is 0 Å². The molecular weight excluding hydrogens is 805 g/mol. The number of hydrogen-bond donors (Lipinski definition) is 0. The zero-order chi connectivity index (χ0) is 47.2. The number of esters is 3. The molecule has 6 nitrogen and oxygen atoms in total. The van der Waals surface area contributed by atoms with E-state index in [2.05, 4.69) is 75.5 Å². The Bertz CT molecular complexity index is 1180. The molecule has 376 valence electrons. The first-order valence-corrected chi connectivity index (χ1v) is 27.8. The third-order valence-corrected chi connectivity index (χ3v) is 12.1. The van der Waals surface area contributed by atoms with Gasteiger partial charge in [-0.05, 0) is 57.8 Å². The van der Waals surface area contributed by atoms with Gasteiger partial charge >= 0.3 is 17.9 Å². The second-order valence-corrected chi connectivity index (χ2v) is 18.5. The molecule has 0 spiro atoms. The second kappa shape index (κ2) is 53.7. The molecule has 0 aliphatic carbocycles. The molecule has 0 amide bonds. The Morgan fingerprint density at radius 2 is 0.692 bits per heavy atom. The number of hydrogen-bond acceptors (Lipinski definition) is 6. The molecule has 0 aromatic carbocycles. The molecule has 0 aromatic rings. The average molecular weight is 909 g/mol. The van der Waals surface area contributed by atoms with E-state index in [1.165, 1.54) is 167 Å². The van der Waals surface area contributed by atoms with Crippen molar-refractivity contribution in [3.8, 4) is 0 Å². The summed E-state index contributed by atoms with van der Waals surface area (Å²) in [6.45, 7) is 6.46. The van der Waals surface area contributed by atoms with E-state index in [0.29, 0.717) is 19.3 Å². The molecule has 0 aromatic heterocycles. The summed E-state index contributed by atoms with van der Waals surface area (Å²) >= 11 is 0. The highest BCUT2D eigenvalue weighted by Crippen LogP contribution is 2.16. The topological polar surface area (TPSA) is 78.9 Å². The third kappa shape index (κ3) is 51.9. The Hall–Kier alpha value is -2.89. The fourth-order valence-corrected chi connectivity index (χ4v) is 7.91. The fourth-order valence-electron chi connectivity index (χ4n) is 7.91. The largest absolute Gasteiger partial charge is 0.462 e. The van der Waals surface area contributed by atoms with Crippen molar-refractivity contribution in [1.82, 2.24) is 0 Å². The number of unbranched alkanes of at least 4 members (excludes halogenated alkanes) is 31. The van der Waals surface area contributed by atoms with Crippen LogP contribution in [-0.4, -0.2) is 37.2 Å². The molecule has 0 rings (SSSR count). The first-order chi connectivity index (χ1) is 32.0. The highest BCUT2D eigenvalue weighted by Gasteiger charge is 2.19. The van der Waals surface area contributed by atoms with Crippen LogP contribution in [0.4, 0.5) is 0 Å². The minimum absolute atomic E-state index is 0.0939. The van der Waals surface area contributed by atoms with E-state index < -0.39 is 6.10 Å². The van der Waals surface area contributed by atoms with Gasteiger partial charge in [0.1, 0.15) is 13.2 Å². The van der Waals surface area contributed by atoms with Crippen molar-refractivity contribution >= 4 is 17.9 Å². The smallest absolute Gasteiger partial charge is 0.306 e. The first kappa shape index (κ1) is 62.1. The van der Waals surface area contributed by atoms with Crippen molar-refractivity contribution < 1.29 is 28.6 Å². The molecule has 0 aliphatic rings. The summed E-state index contributed by atoms with van der Waals surface area (Å²) in [5.74, 6) is -0.968. The lowest BCUT2D eigenvalue weighted by Gasteiger charge is -2.18. The highest BCUT2D eigenvalue weighted by atomic mass is 16.6. The molecule has 1 unspecified atom stereocenters. The minimum Gasteiger partial charge on any atom is -0.462 e. The van der Waals surface area contributed by atoms with Crippen LogP contribution in [0, 0.1) is 0 Å². The minimum atomic E-state index is -0.801. The SMILES string of the molecule is CC/C=C/C=C/C=C/CCCCCCCCCC(=O)OC(COC(=O)CC/C=C/C/C=C/CCCCCCCC)COC(=O)CCCCCCCCCCCCCCCCCCCCC. The first-order valence-electron chi connectivity index (χ1n) is 27.8. The molecule has 0 heterocycles. The maximum atomic E-state index is 12.8. The number of carbonyl (C=O) groups is 3. The average Bonchev–Trinajstić information content (AvgIpc) is 3.30. The summed E-state index contributed by atoms with van der Waals surface area (Å²) in [7, 11) is 0. The van der Waals surface area contributed by atoms with Gasteiger partial charge in [0, 0.05) is 19.3 Å². The summed E-state index contributed by atoms with van der Waals surface area (Å²) in [6.07, 6.45) is 66.5. The Kier molecular flexibility index (Phi) is 51.3. The van der Waals surface area contributed by atoms with Crippen LogP contribution in [0.3, 0.4) is 0 Å². The second-order valence-electron chi connectivity index (χ2n) is 18.5. The van der Waals surface area contributed by atoms with E-state index in [4.69, 9.17) is 14.2 Å². The molecule has 6 heteroatoms. The van der Waals surface area contributed by atoms with E-state index in [1.54, 1.807) is 0 Å². The van der Waals surface area contributed by atoms with Gasteiger partial charge in [0.05, 0.1) is 0 Å². The summed E-state index contributed by atoms with van der Waals surface area (Å²) in [5, 5.41) is 0. The lowest BCUT2D eigenvalue weighted by Crippen LogP contribution is -2.30. The third-order valence-electron chi connectivity index (χ3n) is 12.1. The molecule has 0 N–H and O–H groups in total. The number of ether oxygens (including phenoxy) is 3. The molecule has 0 saturated carbocycles. The van der Waals surface area contributed by atoms with Gasteiger partial charge in [0.2, 0.25) is 0 Å². The van der Waals surface area contributed by atoms with Crippen LogP contribution < -0.4 is 0 Å². The number of carbonyl (C=O) groups excluding carboxylic acids is 3. The fraction of sp³-hybridized carbons (Fsp3) is 0.780. The predicted molar refractivity (Wildman–Crippen MR) is 279 cm³/mol. The van der Waals surface area contributed by atoms with Crippen molar-refractivity contribution in [1.29, 1.82) is 0 Å². The summed E-state index contributed by atoms with van der Waals surface area (Å²) in [6, 6.07) is 0. The van der Waals surface area contributed by atoms with Crippen LogP contribution in [0.15, 0.2) is 60.8 Å². The van der Waals surface area contributed by atoms with Gasteiger partial charge in [-0.25, -0.2) is 0 Å². The molecule has 65 heavy (non-hydrogen) atoms. The molecular formula is C59H104O6. The van der Waals surface area contributed by atoms with Crippen molar-refractivity contribution in [3.63, 3.8) is 0 Å². The highest BCUT2D eigenvalue weighted by molar-refractivity contribution is 5.71. The summed E-state index contributed by atoms with van der Waals surface area (Å²) < 4.78 is 16.8. The maximum absolute atomic E-state index is 12.8. The van der Waals surface area contributed by atoms with Crippen LogP contribution >= 0.6 is 0 Å². The number of rotatable bonds is 50. The Morgan fingerprint density at radius 3 is 1.14 bits per heavy atom. The summed E-state index contributed by atoms with van der Waals surface area (Å²) in [5.41, 5.74) is 0. The van der Waals surface area contributed by atoms with E-state index in [9.17, 15) is 14.4 Å². The van der Waals surface area contributed by atoms with Crippen molar-refractivity contribution in [3.05, 3.63) is 60.8 Å². The van der Waals surface area contributed by atoms with E-state index in [1.807, 2.05) is 6.08 Å². The standard InChI is InChI=1S/C59H104O6/c1-4-7-10-13-16-19-22-25-27-28-29-30-32-34-37-40-43-46-49-52-58(61)64-55-56(54-63-57(60)51-48-45-42-39-36-33-24-21-18-15-12-9-6-3)65-59(62)53-50-47-44-41-38-35-31-26-23-20-17-14-11-8-5-2/h8,11,14,17,20,23,33,36,42,45,56H,4-7,9-10,12-13,15-16,18-19,21-22,24-32,34-35,37-41,43-44,46-55H2,1-3H3/b11-8+,17-14+,23-20+,36-33+,45-42+. The number of allylic oxidation sites excluding steroid dienone is 10. The van der Waals surface area contributed by atoms with Crippen LogP contribution in [0.5, 0.6) is 0 Å². The van der Waals surface area contributed by atoms with Gasteiger partial charge in [-0.15, -0.1) is 0 Å². The molecule has 0 aliphatic heterocycles. The van der Waals surface area contributed by atoms with Gasteiger partial charge < -0.3 is 14.2 Å². The van der Waals surface area contributed by atoms with Gasteiger partial charge in [0.25, 0.3) is 0 Å². The van der Waals surface area contributed by atoms with Gasteiger partial charge in [-0.3, -0.25) is 14.4 Å². The normalized spacial score (nSPS) is 12.5. The Labute approximate surface area is 402 Å². The van der Waals surface area contributed by atoms with Gasteiger partial charge in [-0.1, -0.05) is 261 Å². The Balaban J connectivity index is 4.38. The van der Waals surface area contributed by atoms with Crippen molar-refractivity contribution in [2.45, 2.75) is 284 Å². The maximum Gasteiger partial charge on any atom is 0.306 e. The molecule has 0 fully saturated rings. The predicted octanol–water partition coefficient (Wildman–Crippen LogP) is 18.4. The quantitative estimate of drug-likeness (QED) is 0.0199. The Morgan fingerprint density at radius 1 is 0.338 bits per heavy atom. The van der Waals surface area contributed by atoms with E-state index in [0.717, 1.165) is 64.2 Å². The van der Waals surface area contributed by atoms with E-state index in [-0.39, 0.29) is 37.5 Å². The molecule has 1 atom stereocenters. The lowest BCUT2D eigenvalue weighted by atomic mass is 10.0. The summed E-state index contributed by atoms with van der Waals surface area (Å²) in [4.78, 5) is 38.0. The monoisotopic (exact) mass is 909 g/mol. The lowest BCUT2D eigenvalue weighted by molar-refractivity contribution is -0.166. The molecule has 0 bridgehead atoms. The van der Waals surface area contributed by atoms with Crippen LogP contribution in [0.1, 0.15) is 278 Å². The molecule has 0 saturated heterocycles. The van der Waals surface area contributed by atoms with Crippen LogP contribution in [-0.2, 0) is 28.6 Å². The van der Waals surface area contributed by atoms with Crippen molar-refractivity contribution in [2.75, 3.05) is 13.2 Å². The molecule has 0 radical (unpaired) electrons. The van der Waals surface area contributed by atoms with Crippen LogP contribution in [0.25, 0.3) is 0 Å². The van der Waals surface area contributed by atoms with Gasteiger partial charge in [0.15, 0.2) is 6.10 Å². The zero-order valence-corrected chi connectivity index (χ0v) is 43.0. The van der Waals surface area contributed by atoms with Gasteiger partial charge in [-0.2, -0.15) is 0 Å².